The quantitative estimate of drug-likeness (QED) is 0.930. The van der Waals surface area contributed by atoms with Gasteiger partial charge >= 0.3 is 0 Å². The summed E-state index contributed by atoms with van der Waals surface area (Å²) in [6, 6.07) is 13.6. The Hall–Kier alpha value is -1.72. The molecule has 0 aliphatic carbocycles. The molecule has 0 fully saturated rings. The molecule has 4 nitrogen and oxygen atoms in total. The average Bonchev–Trinajstić information content (AvgIpc) is 2.36. The van der Waals surface area contributed by atoms with Crippen LogP contribution in [0.4, 0.5) is 0 Å². The van der Waals surface area contributed by atoms with Gasteiger partial charge in [0, 0.05) is 17.8 Å². The third kappa shape index (κ3) is 4.15. The van der Waals surface area contributed by atoms with E-state index >= 15 is 0 Å². The summed E-state index contributed by atoms with van der Waals surface area (Å²) in [5.74, 6) is 0. The Morgan fingerprint density at radius 3 is 2.37 bits per heavy atom. The minimum Gasteiger partial charge on any atom is -0.253 e. The van der Waals surface area contributed by atoms with E-state index in [1.54, 1.807) is 0 Å². The molecule has 0 aliphatic heterocycles. The van der Waals surface area contributed by atoms with Gasteiger partial charge in [0.15, 0.2) is 0 Å². The number of hydrogen-bond donors (Lipinski definition) is 1. The zero-order chi connectivity index (χ0) is 13.9. The molecule has 1 N–H and O–H groups in total. The second kappa shape index (κ2) is 5.50. The number of sulfonamides is 1. The van der Waals surface area contributed by atoms with Gasteiger partial charge < -0.3 is 0 Å². The van der Waals surface area contributed by atoms with E-state index in [0.717, 1.165) is 28.8 Å². The van der Waals surface area contributed by atoms with E-state index in [4.69, 9.17) is 0 Å². The van der Waals surface area contributed by atoms with E-state index < -0.39 is 10.0 Å². The van der Waals surface area contributed by atoms with Crippen LogP contribution in [0, 0.1) is 6.92 Å². The van der Waals surface area contributed by atoms with Crippen LogP contribution >= 0.6 is 0 Å². The van der Waals surface area contributed by atoms with Crippen LogP contribution in [-0.4, -0.2) is 19.7 Å². The Bertz CT molecular complexity index is 664. The van der Waals surface area contributed by atoms with E-state index in [1.165, 1.54) is 0 Å². The summed E-state index contributed by atoms with van der Waals surface area (Å²) in [6.07, 6.45) is 1.15. The SMILES string of the molecule is Cc1cccc(-c2ccc(CNS(C)(=O)=O)cc2)n1. The van der Waals surface area contributed by atoms with E-state index in [9.17, 15) is 8.42 Å². The predicted octanol–water partition coefficient (Wildman–Crippen LogP) is 2.11. The maximum Gasteiger partial charge on any atom is 0.209 e. The fourth-order valence-corrected chi connectivity index (χ4v) is 2.14. The van der Waals surface area contributed by atoms with Crippen molar-refractivity contribution >= 4 is 10.0 Å². The molecule has 1 aromatic heterocycles. The van der Waals surface area contributed by atoms with Crippen LogP contribution < -0.4 is 4.72 Å². The van der Waals surface area contributed by atoms with E-state index in [2.05, 4.69) is 9.71 Å². The highest BCUT2D eigenvalue weighted by Crippen LogP contribution is 2.17. The first-order valence-corrected chi connectivity index (χ1v) is 7.81. The average molecular weight is 276 g/mol. The summed E-state index contributed by atoms with van der Waals surface area (Å²) in [5, 5.41) is 0. The molecule has 0 unspecified atom stereocenters. The van der Waals surface area contributed by atoms with Crippen molar-refractivity contribution in [3.8, 4) is 11.3 Å². The number of rotatable bonds is 4. The van der Waals surface area contributed by atoms with E-state index in [1.807, 2.05) is 49.4 Å². The van der Waals surface area contributed by atoms with E-state index in [0.29, 0.717) is 6.54 Å². The number of hydrogen-bond acceptors (Lipinski definition) is 3. The molecule has 0 spiro atoms. The van der Waals surface area contributed by atoms with Crippen LogP contribution in [0.15, 0.2) is 42.5 Å². The molecule has 1 aromatic carbocycles. The van der Waals surface area contributed by atoms with Gasteiger partial charge in [-0.1, -0.05) is 30.3 Å². The first kappa shape index (κ1) is 13.7. The lowest BCUT2D eigenvalue weighted by atomic mass is 10.1. The maximum absolute atomic E-state index is 11.0. The maximum atomic E-state index is 11.0. The van der Waals surface area contributed by atoms with Crippen molar-refractivity contribution in [1.82, 2.24) is 9.71 Å². The lowest BCUT2D eigenvalue weighted by Crippen LogP contribution is -2.21. The van der Waals surface area contributed by atoms with Gasteiger partial charge in [-0.25, -0.2) is 13.1 Å². The minimum atomic E-state index is -3.15. The molecule has 0 saturated heterocycles. The third-order valence-corrected chi connectivity index (χ3v) is 3.35. The summed E-state index contributed by atoms with van der Waals surface area (Å²) in [5.41, 5.74) is 3.83. The van der Waals surface area contributed by atoms with Crippen molar-refractivity contribution in [2.45, 2.75) is 13.5 Å². The highest BCUT2D eigenvalue weighted by Gasteiger charge is 2.02. The van der Waals surface area contributed by atoms with Crippen LogP contribution in [0.2, 0.25) is 0 Å². The van der Waals surface area contributed by atoms with Crippen LogP contribution in [0.25, 0.3) is 11.3 Å². The molecule has 100 valence electrons. The van der Waals surface area contributed by atoms with Crippen molar-refractivity contribution in [2.75, 3.05) is 6.26 Å². The Labute approximate surface area is 113 Å². The molecule has 5 heteroatoms. The van der Waals surface area contributed by atoms with Gasteiger partial charge in [0.2, 0.25) is 10.0 Å². The molecule has 0 amide bonds. The Morgan fingerprint density at radius 2 is 1.79 bits per heavy atom. The van der Waals surface area contributed by atoms with Crippen molar-refractivity contribution < 1.29 is 8.42 Å². The minimum absolute atomic E-state index is 0.306. The summed E-state index contributed by atoms with van der Waals surface area (Å²) in [7, 11) is -3.15. The summed E-state index contributed by atoms with van der Waals surface area (Å²) < 4.78 is 24.5. The molecule has 0 saturated carbocycles. The lowest BCUT2D eigenvalue weighted by molar-refractivity contribution is 0.587. The van der Waals surface area contributed by atoms with E-state index in [-0.39, 0.29) is 0 Å². The summed E-state index contributed by atoms with van der Waals surface area (Å²) >= 11 is 0. The number of pyridine rings is 1. The van der Waals surface area contributed by atoms with Gasteiger partial charge in [-0.2, -0.15) is 0 Å². The normalized spacial score (nSPS) is 11.5. The number of aromatic nitrogens is 1. The van der Waals surface area contributed by atoms with Crippen molar-refractivity contribution in [2.24, 2.45) is 0 Å². The Balaban J connectivity index is 2.15. The molecular weight excluding hydrogens is 260 g/mol. The topological polar surface area (TPSA) is 59.1 Å². The monoisotopic (exact) mass is 276 g/mol. The highest BCUT2D eigenvalue weighted by molar-refractivity contribution is 7.88. The third-order valence-electron chi connectivity index (χ3n) is 2.68. The van der Waals surface area contributed by atoms with Crippen molar-refractivity contribution in [1.29, 1.82) is 0 Å². The second-order valence-corrected chi connectivity index (χ2v) is 6.29. The molecule has 0 atom stereocenters. The fourth-order valence-electron chi connectivity index (χ4n) is 1.71. The van der Waals surface area contributed by atoms with Crippen LogP contribution in [-0.2, 0) is 16.6 Å². The van der Waals surface area contributed by atoms with Crippen molar-refractivity contribution in [3.05, 3.63) is 53.7 Å². The fraction of sp³-hybridized carbons (Fsp3) is 0.214. The Morgan fingerprint density at radius 1 is 1.11 bits per heavy atom. The first-order chi connectivity index (χ1) is 8.94. The second-order valence-electron chi connectivity index (χ2n) is 4.45. The molecule has 19 heavy (non-hydrogen) atoms. The first-order valence-electron chi connectivity index (χ1n) is 5.92. The highest BCUT2D eigenvalue weighted by atomic mass is 32.2. The predicted molar refractivity (Wildman–Crippen MR) is 76.1 cm³/mol. The van der Waals surface area contributed by atoms with Gasteiger partial charge in [-0.3, -0.25) is 4.98 Å². The van der Waals surface area contributed by atoms with Gasteiger partial charge in [0.25, 0.3) is 0 Å². The summed E-state index contributed by atoms with van der Waals surface area (Å²) in [4.78, 5) is 4.45. The largest absolute Gasteiger partial charge is 0.253 e. The zero-order valence-electron chi connectivity index (χ0n) is 10.9. The molecular formula is C14H16N2O2S. The van der Waals surface area contributed by atoms with Crippen LogP contribution in [0.3, 0.4) is 0 Å². The van der Waals surface area contributed by atoms with Gasteiger partial charge in [-0.15, -0.1) is 0 Å². The molecule has 0 radical (unpaired) electrons. The van der Waals surface area contributed by atoms with Crippen LogP contribution in [0.5, 0.6) is 0 Å². The standard InChI is InChI=1S/C14H16N2O2S/c1-11-4-3-5-14(16-11)13-8-6-12(7-9-13)10-15-19(2,17)18/h3-9,15H,10H2,1-2H3. The zero-order valence-corrected chi connectivity index (χ0v) is 11.7. The lowest BCUT2D eigenvalue weighted by Gasteiger charge is -2.05. The van der Waals surface area contributed by atoms with Gasteiger partial charge in [0.05, 0.1) is 11.9 Å². The number of aryl methyl sites for hydroxylation is 1. The number of benzene rings is 1. The smallest absolute Gasteiger partial charge is 0.209 e. The molecule has 0 bridgehead atoms. The molecule has 2 aromatic rings. The van der Waals surface area contributed by atoms with Crippen LogP contribution in [0.1, 0.15) is 11.3 Å². The molecule has 0 aliphatic rings. The van der Waals surface area contributed by atoms with Gasteiger partial charge in [0.1, 0.15) is 0 Å². The number of nitrogens with one attached hydrogen (secondary N) is 1. The van der Waals surface area contributed by atoms with Crippen molar-refractivity contribution in [3.63, 3.8) is 0 Å². The Kier molecular flexibility index (Phi) is 3.97. The molecule has 2 rings (SSSR count). The molecule has 1 heterocycles. The number of nitrogens with zero attached hydrogens (tertiary/aromatic N) is 1. The summed E-state index contributed by atoms with van der Waals surface area (Å²) in [6.45, 7) is 2.26. The van der Waals surface area contributed by atoms with Gasteiger partial charge in [-0.05, 0) is 24.6 Å².